The van der Waals surface area contributed by atoms with Crippen molar-refractivity contribution in [1.82, 2.24) is 10.2 Å². The standard InChI is InChI=1S/C30H30N2O4/c1-35-25-16-22-23(17-26(25)36-2)30(34)32-15-14-19-9-4-6-12-21(19)28(32)27(22)29(33)31-24-13-7-10-18-8-3-5-11-20(18)24/h3-6,8-9,11-12,16-17,24,27-28H,7,10,13-15H2,1-2H3,(H,31,33)/t24-,27-,28-/m0/s1. The number of nitrogens with zero attached hydrogens (tertiary/aromatic N) is 1. The number of methoxy groups -OCH3 is 2. The van der Waals surface area contributed by atoms with Gasteiger partial charge in [0.1, 0.15) is 0 Å². The van der Waals surface area contributed by atoms with Gasteiger partial charge >= 0.3 is 0 Å². The lowest BCUT2D eigenvalue weighted by Gasteiger charge is -2.45. The number of aryl methyl sites for hydroxylation is 1. The minimum Gasteiger partial charge on any atom is -0.493 e. The minimum atomic E-state index is -0.562. The SMILES string of the molecule is COc1cc2c(cc1OC)[C@H](C(=O)N[C@H]1CCCc3ccccc31)[C@@H]1c3ccccc3CCN1C2=O. The third kappa shape index (κ3) is 3.55. The zero-order valence-electron chi connectivity index (χ0n) is 20.6. The first-order valence-corrected chi connectivity index (χ1v) is 12.6. The van der Waals surface area contributed by atoms with Crippen molar-refractivity contribution >= 4 is 11.8 Å². The van der Waals surface area contributed by atoms with E-state index in [1.807, 2.05) is 29.2 Å². The highest BCUT2D eigenvalue weighted by Crippen LogP contribution is 2.48. The van der Waals surface area contributed by atoms with Gasteiger partial charge < -0.3 is 19.7 Å². The predicted molar refractivity (Wildman–Crippen MR) is 136 cm³/mol. The first-order chi connectivity index (χ1) is 17.6. The number of hydrogen-bond donors (Lipinski definition) is 1. The monoisotopic (exact) mass is 482 g/mol. The summed E-state index contributed by atoms with van der Waals surface area (Å²) in [5.41, 5.74) is 5.92. The molecule has 0 spiro atoms. The number of carbonyl (C=O) groups excluding carboxylic acids is 2. The summed E-state index contributed by atoms with van der Waals surface area (Å²) >= 11 is 0. The summed E-state index contributed by atoms with van der Waals surface area (Å²) < 4.78 is 11.1. The average Bonchev–Trinajstić information content (AvgIpc) is 2.92. The predicted octanol–water partition coefficient (Wildman–Crippen LogP) is 4.73. The van der Waals surface area contributed by atoms with E-state index >= 15 is 0 Å². The van der Waals surface area contributed by atoms with Gasteiger partial charge in [0.25, 0.3) is 5.91 Å². The molecule has 184 valence electrons. The van der Waals surface area contributed by atoms with E-state index in [9.17, 15) is 9.59 Å². The molecule has 2 amide bonds. The lowest BCUT2D eigenvalue weighted by atomic mass is 9.75. The van der Waals surface area contributed by atoms with E-state index in [-0.39, 0.29) is 23.9 Å². The van der Waals surface area contributed by atoms with Crippen LogP contribution in [0.4, 0.5) is 0 Å². The summed E-state index contributed by atoms with van der Waals surface area (Å²) in [6.07, 6.45) is 3.73. The van der Waals surface area contributed by atoms with Crippen molar-refractivity contribution in [3.63, 3.8) is 0 Å². The molecule has 36 heavy (non-hydrogen) atoms. The first kappa shape index (κ1) is 22.7. The van der Waals surface area contributed by atoms with Crippen LogP contribution < -0.4 is 14.8 Å². The number of benzene rings is 3. The summed E-state index contributed by atoms with van der Waals surface area (Å²) in [5.74, 6) is 0.304. The van der Waals surface area contributed by atoms with Crippen molar-refractivity contribution in [2.45, 2.75) is 43.7 Å². The Morgan fingerprint density at radius 2 is 1.56 bits per heavy atom. The van der Waals surface area contributed by atoms with Gasteiger partial charge in [-0.25, -0.2) is 0 Å². The molecular formula is C30H30N2O4. The Morgan fingerprint density at radius 1 is 0.889 bits per heavy atom. The number of nitrogens with one attached hydrogen (secondary N) is 1. The molecule has 1 aliphatic carbocycles. The molecule has 0 fully saturated rings. The van der Waals surface area contributed by atoms with Crippen LogP contribution in [0.3, 0.4) is 0 Å². The van der Waals surface area contributed by atoms with Gasteiger partial charge in [0.2, 0.25) is 5.91 Å². The highest BCUT2D eigenvalue weighted by molar-refractivity contribution is 6.02. The average molecular weight is 483 g/mol. The van der Waals surface area contributed by atoms with Crippen molar-refractivity contribution in [2.24, 2.45) is 0 Å². The molecule has 3 atom stereocenters. The molecular weight excluding hydrogens is 452 g/mol. The van der Waals surface area contributed by atoms with Crippen LogP contribution in [-0.4, -0.2) is 37.5 Å². The van der Waals surface area contributed by atoms with E-state index in [0.717, 1.165) is 31.2 Å². The van der Waals surface area contributed by atoms with Gasteiger partial charge in [0, 0.05) is 12.1 Å². The topological polar surface area (TPSA) is 67.9 Å². The van der Waals surface area contributed by atoms with Crippen molar-refractivity contribution in [3.05, 3.63) is 94.0 Å². The van der Waals surface area contributed by atoms with E-state index in [4.69, 9.17) is 9.47 Å². The second-order valence-electron chi connectivity index (χ2n) is 9.82. The highest BCUT2D eigenvalue weighted by atomic mass is 16.5. The number of ether oxygens (including phenoxy) is 2. The molecule has 3 aliphatic rings. The summed E-state index contributed by atoms with van der Waals surface area (Å²) in [6, 6.07) is 19.7. The van der Waals surface area contributed by atoms with Crippen molar-refractivity contribution < 1.29 is 19.1 Å². The van der Waals surface area contributed by atoms with Crippen LogP contribution in [0.2, 0.25) is 0 Å². The summed E-state index contributed by atoms with van der Waals surface area (Å²) in [6.45, 7) is 0.574. The number of carbonyl (C=O) groups is 2. The molecule has 6 nitrogen and oxygen atoms in total. The van der Waals surface area contributed by atoms with Crippen LogP contribution >= 0.6 is 0 Å². The van der Waals surface area contributed by atoms with Crippen LogP contribution in [0.25, 0.3) is 0 Å². The van der Waals surface area contributed by atoms with Crippen LogP contribution in [-0.2, 0) is 17.6 Å². The number of hydrogen-bond acceptors (Lipinski definition) is 4. The van der Waals surface area contributed by atoms with Crippen LogP contribution in [0.15, 0.2) is 60.7 Å². The molecule has 1 N–H and O–H groups in total. The number of amides is 2. The van der Waals surface area contributed by atoms with E-state index in [2.05, 4.69) is 35.6 Å². The molecule has 2 heterocycles. The molecule has 0 aromatic heterocycles. The fourth-order valence-electron chi connectivity index (χ4n) is 6.30. The molecule has 6 heteroatoms. The van der Waals surface area contributed by atoms with Crippen LogP contribution in [0.5, 0.6) is 11.5 Å². The smallest absolute Gasteiger partial charge is 0.254 e. The Labute approximate surface area is 211 Å². The van der Waals surface area contributed by atoms with Crippen molar-refractivity contribution in [2.75, 3.05) is 20.8 Å². The Morgan fingerprint density at radius 3 is 2.31 bits per heavy atom. The molecule has 0 saturated heterocycles. The van der Waals surface area contributed by atoms with Crippen molar-refractivity contribution in [1.29, 1.82) is 0 Å². The van der Waals surface area contributed by atoms with E-state index in [1.165, 1.54) is 16.7 Å². The van der Waals surface area contributed by atoms with E-state index in [1.54, 1.807) is 20.3 Å². The van der Waals surface area contributed by atoms with Gasteiger partial charge in [0.15, 0.2) is 11.5 Å². The van der Waals surface area contributed by atoms with Gasteiger partial charge in [-0.15, -0.1) is 0 Å². The summed E-state index contributed by atoms with van der Waals surface area (Å²) in [5, 5.41) is 3.38. The summed E-state index contributed by atoms with van der Waals surface area (Å²) in [4.78, 5) is 29.9. The van der Waals surface area contributed by atoms with Crippen molar-refractivity contribution in [3.8, 4) is 11.5 Å². The minimum absolute atomic E-state index is 0.0454. The maximum absolute atomic E-state index is 14.2. The molecule has 0 radical (unpaired) electrons. The molecule has 0 unspecified atom stereocenters. The largest absolute Gasteiger partial charge is 0.493 e. The van der Waals surface area contributed by atoms with Crippen LogP contribution in [0.1, 0.15) is 69.0 Å². The third-order valence-corrected chi connectivity index (χ3v) is 8.00. The van der Waals surface area contributed by atoms with Crippen LogP contribution in [0, 0.1) is 0 Å². The lowest BCUT2D eigenvalue weighted by molar-refractivity contribution is -0.125. The van der Waals surface area contributed by atoms with E-state index < -0.39 is 5.92 Å². The van der Waals surface area contributed by atoms with Gasteiger partial charge in [-0.05, 0) is 65.6 Å². The highest BCUT2D eigenvalue weighted by Gasteiger charge is 2.47. The lowest BCUT2D eigenvalue weighted by Crippen LogP contribution is -2.50. The number of rotatable bonds is 4. The first-order valence-electron chi connectivity index (χ1n) is 12.6. The van der Waals surface area contributed by atoms with Gasteiger partial charge in [-0.1, -0.05) is 48.5 Å². The quantitative estimate of drug-likeness (QED) is 0.584. The molecule has 3 aromatic rings. The maximum atomic E-state index is 14.2. The zero-order valence-corrected chi connectivity index (χ0v) is 20.6. The molecule has 0 bridgehead atoms. The Kier molecular flexibility index (Phi) is 5.67. The maximum Gasteiger partial charge on any atom is 0.254 e. The van der Waals surface area contributed by atoms with E-state index in [0.29, 0.717) is 29.2 Å². The second kappa shape index (κ2) is 9.01. The third-order valence-electron chi connectivity index (χ3n) is 8.00. The Hall–Kier alpha value is -3.80. The van der Waals surface area contributed by atoms with Gasteiger partial charge in [-0.2, -0.15) is 0 Å². The Balaban J connectivity index is 1.48. The molecule has 6 rings (SSSR count). The summed E-state index contributed by atoms with van der Waals surface area (Å²) in [7, 11) is 3.13. The second-order valence-corrected chi connectivity index (χ2v) is 9.82. The fraction of sp³-hybridized carbons (Fsp3) is 0.333. The fourth-order valence-corrected chi connectivity index (χ4v) is 6.30. The normalized spacial score (nSPS) is 22.0. The molecule has 2 aliphatic heterocycles. The molecule has 0 saturated carbocycles. The molecule has 3 aromatic carbocycles. The van der Waals surface area contributed by atoms with Gasteiger partial charge in [-0.3, -0.25) is 9.59 Å². The zero-order chi connectivity index (χ0) is 24.8. The Bertz CT molecular complexity index is 1350. The number of fused-ring (bicyclic) bond motifs is 5. The van der Waals surface area contributed by atoms with Gasteiger partial charge in [0.05, 0.1) is 32.2 Å².